The number of ether oxygens (including phenoxy) is 2. The van der Waals surface area contributed by atoms with Gasteiger partial charge in [0.25, 0.3) is 0 Å². The number of hydrogen-bond acceptors (Lipinski definition) is 5. The fraction of sp³-hybridized carbons (Fsp3) is 0.400. The van der Waals surface area contributed by atoms with E-state index in [-0.39, 0.29) is 13.1 Å². The van der Waals surface area contributed by atoms with Gasteiger partial charge in [-0.15, -0.1) is 0 Å². The molecule has 0 spiro atoms. The maximum atomic E-state index is 13.1. The fourth-order valence-corrected chi connectivity index (χ4v) is 4.44. The van der Waals surface area contributed by atoms with Crippen molar-refractivity contribution in [3.63, 3.8) is 0 Å². The summed E-state index contributed by atoms with van der Waals surface area (Å²) in [6.07, 6.45) is 0.348. The van der Waals surface area contributed by atoms with Crippen molar-refractivity contribution in [1.29, 1.82) is 0 Å². The third kappa shape index (κ3) is 5.45. The van der Waals surface area contributed by atoms with Crippen molar-refractivity contribution >= 4 is 10.0 Å². The van der Waals surface area contributed by atoms with Crippen LogP contribution in [0.25, 0.3) is 0 Å². The summed E-state index contributed by atoms with van der Waals surface area (Å²) in [6.45, 7) is 1.79. The Labute approximate surface area is 161 Å². The van der Waals surface area contributed by atoms with Gasteiger partial charge in [-0.1, -0.05) is 31.2 Å². The number of rotatable bonds is 10. The number of methoxy groups -OCH3 is 2. The predicted octanol–water partition coefficient (Wildman–Crippen LogP) is 2.81. The number of aliphatic hydroxyl groups is 1. The Morgan fingerprint density at radius 2 is 1.30 bits per heavy atom. The summed E-state index contributed by atoms with van der Waals surface area (Å²) in [4.78, 5) is 0. The van der Waals surface area contributed by atoms with Crippen LogP contribution in [0, 0.1) is 0 Å². The Bertz CT molecular complexity index is 750. The minimum Gasteiger partial charge on any atom is -0.497 e. The summed E-state index contributed by atoms with van der Waals surface area (Å²) in [6, 6.07) is 14.6. The molecule has 2 aromatic carbocycles. The molecule has 6 nitrogen and oxygen atoms in total. The first kappa shape index (κ1) is 21.2. The summed E-state index contributed by atoms with van der Waals surface area (Å²) in [5.41, 5.74) is 1.70. The molecule has 0 aliphatic carbocycles. The minimum atomic E-state index is -3.67. The monoisotopic (exact) mass is 393 g/mol. The zero-order valence-corrected chi connectivity index (χ0v) is 16.8. The molecule has 0 bridgehead atoms. The average Bonchev–Trinajstić information content (AvgIpc) is 2.69. The molecule has 1 N–H and O–H groups in total. The zero-order chi connectivity index (χ0) is 19.9. The van der Waals surface area contributed by atoms with E-state index in [0.717, 1.165) is 11.1 Å². The molecule has 7 heteroatoms. The first-order valence-electron chi connectivity index (χ1n) is 8.80. The molecular weight excluding hydrogens is 366 g/mol. The molecule has 0 unspecified atom stereocenters. The normalized spacial score (nSPS) is 12.8. The van der Waals surface area contributed by atoms with Gasteiger partial charge in [0.05, 0.1) is 26.1 Å². The Balaban J connectivity index is 2.31. The molecule has 0 fully saturated rings. The van der Waals surface area contributed by atoms with Crippen molar-refractivity contribution in [3.8, 4) is 11.5 Å². The maximum absolute atomic E-state index is 13.1. The number of benzene rings is 2. The molecular formula is C20H27NO5S. The highest BCUT2D eigenvalue weighted by Gasteiger charge is 2.30. The van der Waals surface area contributed by atoms with Crippen LogP contribution in [0.4, 0.5) is 0 Å². The van der Waals surface area contributed by atoms with Crippen LogP contribution in [0.1, 0.15) is 24.5 Å². The highest BCUT2D eigenvalue weighted by molar-refractivity contribution is 7.89. The minimum absolute atomic E-state index is 0.217. The number of nitrogens with zero attached hydrogens (tertiary/aromatic N) is 1. The zero-order valence-electron chi connectivity index (χ0n) is 16.0. The third-order valence-electron chi connectivity index (χ3n) is 4.48. The van der Waals surface area contributed by atoms with Gasteiger partial charge in [0.15, 0.2) is 0 Å². The molecule has 0 saturated heterocycles. The second kappa shape index (κ2) is 9.73. The Hall–Kier alpha value is -2.09. The van der Waals surface area contributed by atoms with E-state index in [1.165, 1.54) is 4.31 Å². The van der Waals surface area contributed by atoms with E-state index >= 15 is 0 Å². The van der Waals surface area contributed by atoms with Crippen LogP contribution in [0.2, 0.25) is 0 Å². The van der Waals surface area contributed by atoms with Gasteiger partial charge in [-0.2, -0.15) is 4.31 Å². The van der Waals surface area contributed by atoms with Gasteiger partial charge >= 0.3 is 0 Å². The summed E-state index contributed by atoms with van der Waals surface area (Å²) in [5, 5.41) is 8.72. The van der Waals surface area contributed by atoms with Crippen molar-refractivity contribution in [2.45, 2.75) is 31.7 Å². The van der Waals surface area contributed by atoms with Crippen LogP contribution in [0.5, 0.6) is 11.5 Å². The summed E-state index contributed by atoms with van der Waals surface area (Å²) in [7, 11) is -0.499. The van der Waals surface area contributed by atoms with E-state index in [4.69, 9.17) is 9.47 Å². The Kier molecular flexibility index (Phi) is 7.65. The van der Waals surface area contributed by atoms with Gasteiger partial charge in [0, 0.05) is 13.1 Å². The second-order valence-electron chi connectivity index (χ2n) is 6.22. The van der Waals surface area contributed by atoms with Crippen LogP contribution < -0.4 is 9.47 Å². The lowest BCUT2D eigenvalue weighted by atomic mass is 10.2. The molecule has 1 atom stereocenters. The molecule has 0 radical (unpaired) electrons. The number of sulfonamides is 1. The van der Waals surface area contributed by atoms with Crippen molar-refractivity contribution in [2.75, 3.05) is 20.8 Å². The van der Waals surface area contributed by atoms with E-state index < -0.39 is 21.9 Å². The van der Waals surface area contributed by atoms with Crippen molar-refractivity contribution in [1.82, 2.24) is 4.31 Å². The molecule has 0 heterocycles. The second-order valence-corrected chi connectivity index (χ2v) is 8.43. The van der Waals surface area contributed by atoms with Crippen LogP contribution >= 0.6 is 0 Å². The smallest absolute Gasteiger partial charge is 0.219 e. The van der Waals surface area contributed by atoms with Crippen LogP contribution in [0.3, 0.4) is 0 Å². The van der Waals surface area contributed by atoms with Crippen LogP contribution in [-0.4, -0.2) is 43.9 Å². The third-order valence-corrected chi connectivity index (χ3v) is 6.78. The van der Waals surface area contributed by atoms with Gasteiger partial charge < -0.3 is 14.6 Å². The van der Waals surface area contributed by atoms with E-state index in [1.807, 2.05) is 24.3 Å². The molecule has 2 aromatic rings. The first-order chi connectivity index (χ1) is 12.9. The molecule has 148 valence electrons. The SMILES string of the molecule is CC[C@H](CO)S(=O)(=O)N(Cc1ccc(OC)cc1)Cc1ccc(OC)cc1. The maximum Gasteiger partial charge on any atom is 0.219 e. The average molecular weight is 394 g/mol. The van der Waals surface area contributed by atoms with E-state index in [0.29, 0.717) is 17.9 Å². The quantitative estimate of drug-likeness (QED) is 0.672. The molecule has 2 rings (SSSR count). The van der Waals surface area contributed by atoms with Crippen molar-refractivity contribution in [3.05, 3.63) is 59.7 Å². The topological polar surface area (TPSA) is 76.1 Å². The molecule has 0 saturated carbocycles. The summed E-state index contributed by atoms with van der Waals surface area (Å²) >= 11 is 0. The Morgan fingerprint density at radius 1 is 0.889 bits per heavy atom. The molecule has 0 aliphatic heterocycles. The van der Waals surface area contributed by atoms with Gasteiger partial charge in [0.2, 0.25) is 10.0 Å². The number of hydrogen-bond donors (Lipinski definition) is 1. The highest BCUT2D eigenvalue weighted by Crippen LogP contribution is 2.22. The largest absolute Gasteiger partial charge is 0.497 e. The van der Waals surface area contributed by atoms with Gasteiger partial charge in [-0.05, 0) is 41.8 Å². The van der Waals surface area contributed by atoms with E-state index in [1.54, 1.807) is 45.4 Å². The standard InChI is InChI=1S/C20H27NO5S/c1-4-20(15-22)27(23,24)21(13-16-5-9-18(25-2)10-6-16)14-17-7-11-19(26-3)12-8-17/h5-12,20,22H,4,13-15H2,1-3H3/t20-/m1/s1. The van der Waals surface area contributed by atoms with Gasteiger partial charge in [0.1, 0.15) is 11.5 Å². The van der Waals surface area contributed by atoms with Crippen molar-refractivity contribution in [2.24, 2.45) is 0 Å². The predicted molar refractivity (Wildman–Crippen MR) is 105 cm³/mol. The van der Waals surface area contributed by atoms with Crippen LogP contribution in [0.15, 0.2) is 48.5 Å². The molecule has 0 amide bonds. The Morgan fingerprint density at radius 3 is 1.59 bits per heavy atom. The van der Waals surface area contributed by atoms with Gasteiger partial charge in [-0.25, -0.2) is 8.42 Å². The van der Waals surface area contributed by atoms with Crippen molar-refractivity contribution < 1.29 is 23.0 Å². The first-order valence-corrected chi connectivity index (χ1v) is 10.3. The van der Waals surface area contributed by atoms with E-state index in [9.17, 15) is 13.5 Å². The van der Waals surface area contributed by atoms with E-state index in [2.05, 4.69) is 0 Å². The molecule has 0 aromatic heterocycles. The summed E-state index contributed by atoms with van der Waals surface area (Å²) in [5.74, 6) is 1.43. The lowest BCUT2D eigenvalue weighted by Gasteiger charge is -2.26. The van der Waals surface area contributed by atoms with Crippen LogP contribution in [-0.2, 0) is 23.1 Å². The summed E-state index contributed by atoms with van der Waals surface area (Å²) < 4.78 is 37.9. The number of aliphatic hydroxyl groups excluding tert-OH is 1. The van der Waals surface area contributed by atoms with Gasteiger partial charge in [-0.3, -0.25) is 0 Å². The lowest BCUT2D eigenvalue weighted by molar-refractivity contribution is 0.279. The fourth-order valence-electron chi connectivity index (χ4n) is 2.75. The lowest BCUT2D eigenvalue weighted by Crippen LogP contribution is -2.39. The molecule has 0 aliphatic rings. The highest BCUT2D eigenvalue weighted by atomic mass is 32.2. The molecule has 27 heavy (non-hydrogen) atoms.